The number of halogens is 1. The van der Waals surface area contributed by atoms with Crippen LogP contribution >= 0.6 is 0 Å². The minimum absolute atomic E-state index is 0.0825. The van der Waals surface area contributed by atoms with Gasteiger partial charge in [0.2, 0.25) is 0 Å². The first-order chi connectivity index (χ1) is 15.5. The molecule has 0 spiro atoms. The highest BCUT2D eigenvalue weighted by Crippen LogP contribution is 2.21. The highest BCUT2D eigenvalue weighted by Gasteiger charge is 2.23. The Morgan fingerprint density at radius 1 is 1.06 bits per heavy atom. The Balaban J connectivity index is 1.35. The summed E-state index contributed by atoms with van der Waals surface area (Å²) >= 11 is 0. The summed E-state index contributed by atoms with van der Waals surface area (Å²) in [7, 11) is 0. The summed E-state index contributed by atoms with van der Waals surface area (Å²) in [6.45, 7) is 5.98. The quantitative estimate of drug-likeness (QED) is 0.636. The Morgan fingerprint density at radius 3 is 2.59 bits per heavy atom. The number of aryl methyl sites for hydroxylation is 2. The van der Waals surface area contributed by atoms with Gasteiger partial charge in [-0.2, -0.15) is 0 Å². The van der Waals surface area contributed by atoms with Gasteiger partial charge in [-0.15, -0.1) is 0 Å². The van der Waals surface area contributed by atoms with Crippen molar-refractivity contribution in [3.8, 4) is 5.75 Å². The highest BCUT2D eigenvalue weighted by molar-refractivity contribution is 5.78. The maximum atomic E-state index is 13.7. The molecule has 2 aromatic heterocycles. The van der Waals surface area contributed by atoms with Gasteiger partial charge in [-0.1, -0.05) is 12.1 Å². The molecule has 0 saturated carbocycles. The molecule has 3 aromatic rings. The zero-order chi connectivity index (χ0) is 22.5. The average molecular weight is 436 g/mol. The van der Waals surface area contributed by atoms with Crippen molar-refractivity contribution in [2.75, 3.05) is 43.0 Å². The van der Waals surface area contributed by atoms with Crippen LogP contribution in [0.4, 0.5) is 21.8 Å². The predicted octanol–water partition coefficient (Wildman–Crippen LogP) is 3.10. The van der Waals surface area contributed by atoms with Crippen molar-refractivity contribution < 1.29 is 13.9 Å². The number of hydrogen-bond acceptors (Lipinski definition) is 7. The molecule has 0 bridgehead atoms. The molecule has 3 heterocycles. The molecule has 9 heteroatoms. The number of para-hydroxylation sites is 1. The van der Waals surface area contributed by atoms with Crippen LogP contribution in [0.1, 0.15) is 11.4 Å². The number of piperazine rings is 1. The molecular formula is C23H25FN6O2. The second kappa shape index (κ2) is 9.59. The van der Waals surface area contributed by atoms with Gasteiger partial charge in [0, 0.05) is 38.4 Å². The average Bonchev–Trinajstić information content (AvgIpc) is 2.78. The lowest BCUT2D eigenvalue weighted by Gasteiger charge is -2.35. The zero-order valence-electron chi connectivity index (χ0n) is 18.1. The fraction of sp³-hybridized carbons (Fsp3) is 0.304. The number of carbonyl (C=O) groups excluding carboxylic acids is 1. The second-order valence-corrected chi connectivity index (χ2v) is 7.59. The van der Waals surface area contributed by atoms with Gasteiger partial charge in [0.15, 0.2) is 18.2 Å². The van der Waals surface area contributed by atoms with Crippen LogP contribution in [0.15, 0.2) is 48.7 Å². The Morgan fingerprint density at radius 2 is 1.84 bits per heavy atom. The maximum Gasteiger partial charge on any atom is 0.260 e. The van der Waals surface area contributed by atoms with Gasteiger partial charge < -0.3 is 19.9 Å². The molecule has 0 radical (unpaired) electrons. The third kappa shape index (κ3) is 5.29. The molecule has 32 heavy (non-hydrogen) atoms. The van der Waals surface area contributed by atoms with Crippen LogP contribution in [0, 0.1) is 19.7 Å². The molecule has 1 aromatic carbocycles. The molecule has 1 aliphatic heterocycles. The molecule has 166 valence electrons. The van der Waals surface area contributed by atoms with Crippen molar-refractivity contribution in [2.45, 2.75) is 13.8 Å². The summed E-state index contributed by atoms with van der Waals surface area (Å²) in [5.74, 6) is 2.27. The van der Waals surface area contributed by atoms with Crippen molar-refractivity contribution in [2.24, 2.45) is 0 Å². The summed E-state index contributed by atoms with van der Waals surface area (Å²) in [4.78, 5) is 29.7. The van der Waals surface area contributed by atoms with Crippen LogP contribution in [-0.4, -0.2) is 58.5 Å². The monoisotopic (exact) mass is 436 g/mol. The standard InChI is InChI=1S/C23H25FN6O2/c1-16-7-8-25-20(13-16)28-21-14-22(27-17(2)26-21)29-9-11-30(12-10-29)23(31)15-32-19-6-4-3-5-18(19)24/h3-8,13-14H,9-12,15H2,1-2H3,(H,25,26,27,28). The minimum Gasteiger partial charge on any atom is -0.481 e. The zero-order valence-corrected chi connectivity index (χ0v) is 18.1. The van der Waals surface area contributed by atoms with E-state index < -0.39 is 5.82 Å². The van der Waals surface area contributed by atoms with Gasteiger partial charge in [-0.25, -0.2) is 19.3 Å². The fourth-order valence-corrected chi connectivity index (χ4v) is 3.49. The summed E-state index contributed by atoms with van der Waals surface area (Å²) in [6, 6.07) is 11.8. The summed E-state index contributed by atoms with van der Waals surface area (Å²) in [5.41, 5.74) is 1.10. The van der Waals surface area contributed by atoms with Crippen molar-refractivity contribution in [3.05, 3.63) is 65.9 Å². The lowest BCUT2D eigenvalue weighted by atomic mass is 10.3. The Kier molecular flexibility index (Phi) is 6.44. The van der Waals surface area contributed by atoms with Crippen molar-refractivity contribution in [1.82, 2.24) is 19.9 Å². The lowest BCUT2D eigenvalue weighted by molar-refractivity contribution is -0.133. The molecule has 0 aliphatic carbocycles. The van der Waals surface area contributed by atoms with Crippen molar-refractivity contribution in [1.29, 1.82) is 0 Å². The number of ether oxygens (including phenoxy) is 1. The fourth-order valence-electron chi connectivity index (χ4n) is 3.49. The molecule has 1 saturated heterocycles. The number of anilines is 3. The highest BCUT2D eigenvalue weighted by atomic mass is 19.1. The molecule has 1 amide bonds. The number of rotatable bonds is 6. The first kappa shape index (κ1) is 21.5. The number of nitrogens with zero attached hydrogens (tertiary/aromatic N) is 5. The molecule has 4 rings (SSSR count). The number of nitrogens with one attached hydrogen (secondary N) is 1. The van der Waals surface area contributed by atoms with Crippen LogP contribution in [0.2, 0.25) is 0 Å². The van der Waals surface area contributed by atoms with E-state index in [4.69, 9.17) is 4.74 Å². The van der Waals surface area contributed by atoms with E-state index >= 15 is 0 Å². The van der Waals surface area contributed by atoms with Gasteiger partial charge in [0.05, 0.1) is 0 Å². The molecule has 0 unspecified atom stereocenters. The third-order valence-corrected chi connectivity index (χ3v) is 5.14. The Labute approximate surface area is 186 Å². The van der Waals surface area contributed by atoms with Gasteiger partial charge in [-0.05, 0) is 43.7 Å². The molecule has 0 atom stereocenters. The summed E-state index contributed by atoms with van der Waals surface area (Å²) < 4.78 is 19.0. The van der Waals surface area contributed by atoms with E-state index in [0.29, 0.717) is 37.8 Å². The number of pyridine rings is 1. The number of hydrogen-bond donors (Lipinski definition) is 1. The molecule has 1 aliphatic rings. The van der Waals surface area contributed by atoms with E-state index in [0.717, 1.165) is 17.2 Å². The molecule has 8 nitrogen and oxygen atoms in total. The van der Waals surface area contributed by atoms with Crippen LogP contribution in [0.25, 0.3) is 0 Å². The summed E-state index contributed by atoms with van der Waals surface area (Å²) in [5, 5.41) is 3.23. The van der Waals surface area contributed by atoms with E-state index in [1.54, 1.807) is 23.2 Å². The van der Waals surface area contributed by atoms with Gasteiger partial charge >= 0.3 is 0 Å². The van der Waals surface area contributed by atoms with E-state index in [1.807, 2.05) is 32.0 Å². The normalized spacial score (nSPS) is 13.7. The van der Waals surface area contributed by atoms with Gasteiger partial charge in [0.25, 0.3) is 5.91 Å². The molecule has 1 N–H and O–H groups in total. The first-order valence-corrected chi connectivity index (χ1v) is 10.4. The van der Waals surface area contributed by atoms with Crippen LogP contribution in [-0.2, 0) is 4.79 Å². The van der Waals surface area contributed by atoms with Crippen molar-refractivity contribution in [3.63, 3.8) is 0 Å². The number of benzene rings is 1. The minimum atomic E-state index is -0.477. The van der Waals surface area contributed by atoms with Crippen molar-refractivity contribution >= 4 is 23.4 Å². The largest absolute Gasteiger partial charge is 0.481 e. The van der Waals surface area contributed by atoms with E-state index in [-0.39, 0.29) is 18.3 Å². The molecular weight excluding hydrogens is 411 g/mol. The number of aromatic nitrogens is 3. The van der Waals surface area contributed by atoms with Crippen LogP contribution < -0.4 is 15.0 Å². The van der Waals surface area contributed by atoms with E-state index in [9.17, 15) is 9.18 Å². The van der Waals surface area contributed by atoms with Gasteiger partial charge in [0.1, 0.15) is 23.3 Å². The van der Waals surface area contributed by atoms with E-state index in [1.165, 1.54) is 12.1 Å². The third-order valence-electron chi connectivity index (χ3n) is 5.14. The second-order valence-electron chi connectivity index (χ2n) is 7.59. The Hall–Kier alpha value is -3.75. The van der Waals surface area contributed by atoms with E-state index in [2.05, 4.69) is 25.2 Å². The smallest absolute Gasteiger partial charge is 0.260 e. The predicted molar refractivity (Wildman–Crippen MR) is 120 cm³/mol. The topological polar surface area (TPSA) is 83.5 Å². The van der Waals surface area contributed by atoms with Crippen LogP contribution in [0.3, 0.4) is 0 Å². The first-order valence-electron chi connectivity index (χ1n) is 10.4. The Bertz CT molecular complexity index is 1100. The molecule has 1 fully saturated rings. The van der Waals surface area contributed by atoms with Crippen LogP contribution in [0.5, 0.6) is 5.75 Å². The summed E-state index contributed by atoms with van der Waals surface area (Å²) in [6.07, 6.45) is 1.75. The number of carbonyl (C=O) groups is 1. The van der Waals surface area contributed by atoms with Gasteiger partial charge in [-0.3, -0.25) is 4.79 Å². The maximum absolute atomic E-state index is 13.7. The number of amides is 1. The SMILES string of the molecule is Cc1ccnc(Nc2cc(N3CCN(C(=O)COc4ccccc4F)CC3)nc(C)n2)c1. The lowest BCUT2D eigenvalue weighted by Crippen LogP contribution is -2.50.